The van der Waals surface area contributed by atoms with Crippen LogP contribution < -0.4 is 0 Å². The number of carbonyl (C=O) groups is 4. The van der Waals surface area contributed by atoms with Gasteiger partial charge in [-0.2, -0.15) is 0 Å². The quantitative estimate of drug-likeness (QED) is 0.00889. The Hall–Kier alpha value is -3.05. The zero-order valence-electron chi connectivity index (χ0n) is 71.6. The van der Waals surface area contributed by atoms with Crippen LogP contribution in [-0.4, -0.2) is 205 Å². The van der Waals surface area contributed by atoms with Gasteiger partial charge in [0.25, 0.3) is 0 Å². The van der Waals surface area contributed by atoms with Crippen LogP contribution in [0.15, 0.2) is 24.3 Å². The van der Waals surface area contributed by atoms with Gasteiger partial charge >= 0.3 is 31.7 Å². The second-order valence-electron chi connectivity index (χ2n) is 32.8. The third-order valence-corrected chi connectivity index (χ3v) is 23.4. The molecule has 115 heavy (non-hydrogen) atoms. The molecule has 26 heteroatoms. The lowest BCUT2D eigenvalue weighted by molar-refractivity contribution is -0.360. The Labute approximate surface area is 692 Å². The molecule has 1 saturated carbocycles. The van der Waals surface area contributed by atoms with Gasteiger partial charge in [-0.15, -0.1) is 0 Å². The van der Waals surface area contributed by atoms with E-state index in [0.29, 0.717) is 38.5 Å². The van der Waals surface area contributed by atoms with E-state index >= 15 is 0 Å². The predicted octanol–water partition coefficient (Wildman–Crippen LogP) is 16.5. The van der Waals surface area contributed by atoms with Crippen molar-refractivity contribution in [2.45, 2.75) is 491 Å². The number of hydrogen-bond acceptors (Lipinski definition) is 24. The molecule has 0 spiro atoms. The van der Waals surface area contributed by atoms with Gasteiger partial charge in [0, 0.05) is 25.7 Å². The van der Waals surface area contributed by atoms with Crippen molar-refractivity contribution in [2.75, 3.05) is 26.4 Å². The lowest BCUT2D eigenvalue weighted by Gasteiger charge is -2.50. The average Bonchev–Trinajstić information content (AvgIpc) is 0.754. The molecule has 0 aromatic rings. The summed E-state index contributed by atoms with van der Waals surface area (Å²) >= 11 is 0. The molecule has 2 heterocycles. The smallest absolute Gasteiger partial charge is 0.463 e. The minimum absolute atomic E-state index is 0.00625. The summed E-state index contributed by atoms with van der Waals surface area (Å²) in [6.07, 6.45) is 27.5. The highest BCUT2D eigenvalue weighted by Gasteiger charge is 2.60. The first-order valence-corrected chi connectivity index (χ1v) is 47.6. The summed E-state index contributed by atoms with van der Waals surface area (Å²) in [7, 11) is -5.81. The number of aliphatic hydroxyl groups excluding tert-OH is 9. The third-order valence-electron chi connectivity index (χ3n) is 22.4. The van der Waals surface area contributed by atoms with E-state index in [4.69, 9.17) is 46.9 Å². The maximum absolute atomic E-state index is 14.9. The van der Waals surface area contributed by atoms with Crippen molar-refractivity contribution in [3.05, 3.63) is 24.3 Å². The first-order valence-electron chi connectivity index (χ1n) is 46.1. The molecule has 18 atom stereocenters. The highest BCUT2D eigenvalue weighted by Crippen LogP contribution is 2.49. The Morgan fingerprint density at radius 2 is 0.652 bits per heavy atom. The van der Waals surface area contributed by atoms with Crippen molar-refractivity contribution in [3.63, 3.8) is 0 Å². The van der Waals surface area contributed by atoms with Crippen LogP contribution in [0.3, 0.4) is 0 Å². The van der Waals surface area contributed by atoms with Crippen molar-refractivity contribution in [3.8, 4) is 0 Å². The molecule has 0 radical (unpaired) electrons. The highest BCUT2D eigenvalue weighted by molar-refractivity contribution is 7.47. The van der Waals surface area contributed by atoms with Gasteiger partial charge in [-0.3, -0.25) is 28.2 Å². The maximum Gasteiger partial charge on any atom is 0.472 e. The first-order chi connectivity index (χ1) is 55.7. The minimum atomic E-state index is -5.81. The van der Waals surface area contributed by atoms with Crippen LogP contribution in [0.4, 0.5) is 0 Å². The lowest BCUT2D eigenvalue weighted by Crippen LogP contribution is -2.70. The van der Waals surface area contributed by atoms with E-state index in [1.165, 1.54) is 161 Å². The van der Waals surface area contributed by atoms with Gasteiger partial charge < -0.3 is 88.7 Å². The zero-order valence-corrected chi connectivity index (χ0v) is 72.5. The number of aliphatic hydroxyl groups is 9. The average molecular weight is 1660 g/mol. The molecular weight excluding hydrogens is 1500 g/mol. The molecule has 25 nitrogen and oxygen atoms in total. The van der Waals surface area contributed by atoms with Crippen LogP contribution in [0.2, 0.25) is 0 Å². The fourth-order valence-electron chi connectivity index (χ4n) is 15.1. The fraction of sp³-hybridized carbons (Fsp3) is 0.910. The zero-order chi connectivity index (χ0) is 84.0. The minimum Gasteiger partial charge on any atom is -0.463 e. The Kier molecular flexibility index (Phi) is 63.2. The van der Waals surface area contributed by atoms with E-state index in [2.05, 4.69) is 52.0 Å². The monoisotopic (exact) mass is 1660 g/mol. The predicted molar refractivity (Wildman–Crippen MR) is 444 cm³/mol. The molecule has 0 aromatic carbocycles. The van der Waals surface area contributed by atoms with Gasteiger partial charge in [0.2, 0.25) is 0 Å². The van der Waals surface area contributed by atoms with Crippen LogP contribution in [0.25, 0.3) is 0 Å². The number of phosphoric ester groups is 1. The summed E-state index contributed by atoms with van der Waals surface area (Å²) in [6, 6.07) is 0. The number of esters is 4. The van der Waals surface area contributed by atoms with Crippen molar-refractivity contribution < 1.29 is 122 Å². The van der Waals surface area contributed by atoms with Gasteiger partial charge in [-0.25, -0.2) is 4.57 Å². The number of hydrogen-bond donors (Lipinski definition) is 10. The highest BCUT2D eigenvalue weighted by atomic mass is 31.2. The van der Waals surface area contributed by atoms with Crippen LogP contribution in [0, 0.1) is 0 Å². The summed E-state index contributed by atoms with van der Waals surface area (Å²) in [6.45, 7) is 5.56. The molecule has 3 aliphatic rings. The van der Waals surface area contributed by atoms with Crippen LogP contribution >= 0.6 is 7.82 Å². The summed E-state index contributed by atoms with van der Waals surface area (Å²) < 4.78 is 73.3. The van der Waals surface area contributed by atoms with Gasteiger partial charge in [0.1, 0.15) is 92.6 Å². The molecule has 18 unspecified atom stereocenters. The number of carbonyl (C=O) groups excluding carboxylic acids is 4. The second-order valence-corrected chi connectivity index (χ2v) is 34.2. The fourth-order valence-corrected chi connectivity index (χ4v) is 16.0. The largest absolute Gasteiger partial charge is 0.472 e. The van der Waals surface area contributed by atoms with Gasteiger partial charge in [0.05, 0.1) is 13.2 Å². The molecule has 1 aliphatic carbocycles. The number of allylic oxidation sites excluding steroid dienone is 4. The molecule has 3 fully saturated rings. The Balaban J connectivity index is 1.93. The molecule has 0 aromatic heterocycles. The summed E-state index contributed by atoms with van der Waals surface area (Å²) in [5.41, 5.74) is 0. The van der Waals surface area contributed by atoms with Crippen molar-refractivity contribution in [1.29, 1.82) is 0 Å². The third kappa shape index (κ3) is 49.0. The standard InChI is InChI=1S/C89H163O25P/c1-5-9-13-17-21-25-29-33-35-39-42-45-49-53-57-61-72(91)105-66-69(108-74(93)63-59-55-51-47-43-38-32-28-24-20-16-12-8-4)67-107-115(103,104)114-87-85(112-88-82(101)78(97)76(95)70(65-90)109-88)81(100)80(99)84(111-75(94)64-60-56-52-48-44-40-36-34-30-26-22-18-14-10-6-2)86(87)113-89-83(102)79(98)77(96)71(110-89)68-106-73(92)62-58-54-50-46-41-37-31-27-23-19-15-11-7-3/h26,30,37,41,69-71,76-90,95-102H,5-25,27-29,31-36,38-40,42-68H2,1-4H3,(H,103,104)/b30-26-,41-37-. The Morgan fingerprint density at radius 3 is 1.05 bits per heavy atom. The molecule has 0 amide bonds. The molecule has 3 rings (SSSR count). The Morgan fingerprint density at radius 1 is 0.339 bits per heavy atom. The molecular formula is C89H163O25P. The maximum atomic E-state index is 14.9. The van der Waals surface area contributed by atoms with E-state index < -0.39 is 162 Å². The van der Waals surface area contributed by atoms with Gasteiger partial charge in [-0.1, -0.05) is 309 Å². The van der Waals surface area contributed by atoms with Crippen LogP contribution in [0.5, 0.6) is 0 Å². The summed E-state index contributed by atoms with van der Waals surface area (Å²) in [5.74, 6) is -2.98. The SMILES string of the molecule is CCCCCC/C=C\CCCCCCCCCC(=O)OC1C(O)C(O)C(OC2OC(CO)C(O)C(O)C2O)C(OP(=O)(O)OCC(COC(=O)CCCCCCCCCCCCCCCCC)OC(=O)CCCCCCCCCCCCCCC)C1OC1OC(COC(=O)CCCCC/C=C\CCCCCCCC)C(O)C(O)C1O. The van der Waals surface area contributed by atoms with E-state index in [0.717, 1.165) is 135 Å². The first kappa shape index (κ1) is 106. The topological polar surface area (TPSA) is 380 Å². The summed E-state index contributed by atoms with van der Waals surface area (Å²) in [4.78, 5) is 66.3. The molecule has 2 aliphatic heterocycles. The summed E-state index contributed by atoms with van der Waals surface area (Å²) in [5, 5.41) is 102. The van der Waals surface area contributed by atoms with Crippen molar-refractivity contribution in [2.24, 2.45) is 0 Å². The number of phosphoric acid groups is 1. The van der Waals surface area contributed by atoms with E-state index in [9.17, 15) is 74.6 Å². The molecule has 2 saturated heterocycles. The second kappa shape index (κ2) is 68.5. The Bertz CT molecular complexity index is 2490. The van der Waals surface area contributed by atoms with E-state index in [1.807, 2.05) is 0 Å². The normalized spacial score (nSPS) is 25.3. The van der Waals surface area contributed by atoms with E-state index in [1.54, 1.807) is 0 Å². The van der Waals surface area contributed by atoms with E-state index in [-0.39, 0.29) is 25.7 Å². The number of rotatable bonds is 74. The van der Waals surface area contributed by atoms with Crippen molar-refractivity contribution in [1.82, 2.24) is 0 Å². The van der Waals surface area contributed by atoms with Gasteiger partial charge in [-0.05, 0) is 77.0 Å². The molecule has 674 valence electrons. The van der Waals surface area contributed by atoms with Crippen LogP contribution in [0.1, 0.15) is 387 Å². The number of unbranched alkanes of at least 4 members (excludes halogenated alkanes) is 46. The molecule has 0 bridgehead atoms. The lowest BCUT2D eigenvalue weighted by atomic mass is 9.84. The van der Waals surface area contributed by atoms with Crippen molar-refractivity contribution >= 4 is 31.7 Å². The van der Waals surface area contributed by atoms with Gasteiger partial charge in [0.15, 0.2) is 24.8 Å². The molecule has 10 N–H and O–H groups in total. The number of ether oxygens (including phenoxy) is 8. The van der Waals surface area contributed by atoms with Crippen LogP contribution in [-0.2, 0) is 70.7 Å².